The molecule has 0 aliphatic heterocycles. The molecule has 0 heterocycles. The van der Waals surface area contributed by atoms with Gasteiger partial charge in [-0.05, 0) is 20.0 Å². The molecule has 0 radical (unpaired) electrons. The van der Waals surface area contributed by atoms with E-state index in [1.165, 1.54) is 5.57 Å². The van der Waals surface area contributed by atoms with Crippen molar-refractivity contribution < 1.29 is 0 Å². The third-order valence-corrected chi connectivity index (χ3v) is 0.516. The molecular weight excluding hydrogens is 110 g/mol. The largest absolute Gasteiger partial charge is 0.384 e. The van der Waals surface area contributed by atoms with E-state index in [-0.39, 0.29) is 0 Å². The summed E-state index contributed by atoms with van der Waals surface area (Å²) in [6.45, 7) is 8.17. The Balaban J connectivity index is 0. The molecule has 0 atom stereocenters. The van der Waals surface area contributed by atoms with Crippen LogP contribution in [0.1, 0.15) is 27.7 Å². The Morgan fingerprint density at radius 1 is 1.11 bits per heavy atom. The van der Waals surface area contributed by atoms with Crippen LogP contribution in [-0.2, 0) is 0 Å². The van der Waals surface area contributed by atoms with Crippen molar-refractivity contribution in [1.82, 2.24) is 4.90 Å². The van der Waals surface area contributed by atoms with Crippen molar-refractivity contribution in [1.29, 1.82) is 0 Å². The topological polar surface area (TPSA) is 3.24 Å². The Morgan fingerprint density at radius 2 is 1.44 bits per heavy atom. The molecule has 0 aromatic rings. The molecule has 0 bridgehead atoms. The molecule has 0 saturated carbocycles. The molecule has 1 heteroatoms. The highest BCUT2D eigenvalue weighted by Gasteiger charge is 1.75. The molecule has 0 aromatic carbocycles. The standard InChI is InChI=1S/C6H13N.C2H6/c1-6(2)5-7(3)4;1-2/h5H,1-4H3;1-2H3. The fraction of sp³-hybridized carbons (Fsp3) is 0.750. The molecule has 0 amide bonds. The van der Waals surface area contributed by atoms with Crippen molar-refractivity contribution >= 4 is 0 Å². The zero-order valence-electron chi connectivity index (χ0n) is 7.52. The first kappa shape index (κ1) is 11.4. The molecular formula is C8H19N. The summed E-state index contributed by atoms with van der Waals surface area (Å²) in [6.07, 6.45) is 2.08. The zero-order valence-corrected chi connectivity index (χ0v) is 7.52. The van der Waals surface area contributed by atoms with Crippen LogP contribution >= 0.6 is 0 Å². The predicted molar refractivity (Wildman–Crippen MR) is 44.5 cm³/mol. The second kappa shape index (κ2) is 7.54. The maximum Gasteiger partial charge on any atom is 0.00556 e. The van der Waals surface area contributed by atoms with E-state index in [9.17, 15) is 0 Å². The fourth-order valence-electron chi connectivity index (χ4n) is 0.516. The van der Waals surface area contributed by atoms with Gasteiger partial charge in [0, 0.05) is 14.1 Å². The summed E-state index contributed by atoms with van der Waals surface area (Å²) in [7, 11) is 4.04. The van der Waals surface area contributed by atoms with Gasteiger partial charge < -0.3 is 4.90 Å². The van der Waals surface area contributed by atoms with E-state index in [1.807, 2.05) is 32.8 Å². The van der Waals surface area contributed by atoms with Crippen LogP contribution in [0.3, 0.4) is 0 Å². The molecule has 0 saturated heterocycles. The minimum absolute atomic E-state index is 1.34. The predicted octanol–water partition coefficient (Wildman–Crippen LogP) is 2.50. The van der Waals surface area contributed by atoms with Gasteiger partial charge in [0.2, 0.25) is 0 Å². The van der Waals surface area contributed by atoms with Gasteiger partial charge in [0.1, 0.15) is 0 Å². The summed E-state index contributed by atoms with van der Waals surface area (Å²) in [5, 5.41) is 0. The SMILES string of the molecule is CC.CC(C)=CN(C)C. The van der Waals surface area contributed by atoms with E-state index in [0.717, 1.165) is 0 Å². The van der Waals surface area contributed by atoms with E-state index in [4.69, 9.17) is 0 Å². The van der Waals surface area contributed by atoms with Gasteiger partial charge in [-0.1, -0.05) is 19.4 Å². The summed E-state index contributed by atoms with van der Waals surface area (Å²) < 4.78 is 0. The first-order chi connectivity index (χ1) is 4.13. The second-order valence-corrected chi connectivity index (χ2v) is 2.17. The van der Waals surface area contributed by atoms with Gasteiger partial charge in [0.25, 0.3) is 0 Å². The monoisotopic (exact) mass is 129 g/mol. The van der Waals surface area contributed by atoms with E-state index in [2.05, 4.69) is 20.0 Å². The smallest absolute Gasteiger partial charge is 0.00556 e. The highest BCUT2D eigenvalue weighted by atomic mass is 15.0. The quantitative estimate of drug-likeness (QED) is 0.526. The summed E-state index contributed by atoms with van der Waals surface area (Å²) in [5.41, 5.74) is 1.34. The van der Waals surface area contributed by atoms with Crippen LogP contribution in [0.15, 0.2) is 11.8 Å². The van der Waals surface area contributed by atoms with Crippen LogP contribution in [0.5, 0.6) is 0 Å². The van der Waals surface area contributed by atoms with Gasteiger partial charge in [0.15, 0.2) is 0 Å². The van der Waals surface area contributed by atoms with Crippen molar-refractivity contribution in [3.63, 3.8) is 0 Å². The normalized spacial score (nSPS) is 6.89. The molecule has 0 rings (SSSR count). The molecule has 0 N–H and O–H groups in total. The molecule has 0 aliphatic rings. The minimum Gasteiger partial charge on any atom is -0.384 e. The van der Waals surface area contributed by atoms with Crippen molar-refractivity contribution in [2.45, 2.75) is 27.7 Å². The Kier molecular flexibility index (Phi) is 9.51. The van der Waals surface area contributed by atoms with Crippen LogP contribution in [-0.4, -0.2) is 19.0 Å². The van der Waals surface area contributed by atoms with Crippen molar-refractivity contribution in [3.8, 4) is 0 Å². The molecule has 0 spiro atoms. The first-order valence-electron chi connectivity index (χ1n) is 3.44. The lowest BCUT2D eigenvalue weighted by molar-refractivity contribution is 0.558. The molecule has 56 valence electrons. The summed E-state index contributed by atoms with van der Waals surface area (Å²) in [4.78, 5) is 2.04. The van der Waals surface area contributed by atoms with Gasteiger partial charge in [-0.2, -0.15) is 0 Å². The van der Waals surface area contributed by atoms with Gasteiger partial charge in [-0.3, -0.25) is 0 Å². The average molecular weight is 129 g/mol. The van der Waals surface area contributed by atoms with Gasteiger partial charge in [0.05, 0.1) is 0 Å². The van der Waals surface area contributed by atoms with Crippen LogP contribution in [0.25, 0.3) is 0 Å². The van der Waals surface area contributed by atoms with Crippen molar-refractivity contribution in [2.24, 2.45) is 0 Å². The summed E-state index contributed by atoms with van der Waals surface area (Å²) in [5.74, 6) is 0. The Labute approximate surface area is 59.4 Å². The van der Waals surface area contributed by atoms with Crippen LogP contribution in [0, 0.1) is 0 Å². The highest BCUT2D eigenvalue weighted by molar-refractivity contribution is 4.90. The Bertz CT molecular complexity index is 68.6. The van der Waals surface area contributed by atoms with E-state index in [0.29, 0.717) is 0 Å². The third-order valence-electron chi connectivity index (χ3n) is 0.516. The molecule has 0 unspecified atom stereocenters. The number of allylic oxidation sites excluding steroid dienone is 1. The third kappa shape index (κ3) is 18.5. The lowest BCUT2D eigenvalue weighted by Crippen LogP contribution is -2.00. The van der Waals surface area contributed by atoms with Crippen LogP contribution in [0.4, 0.5) is 0 Å². The Morgan fingerprint density at radius 3 is 1.44 bits per heavy atom. The van der Waals surface area contributed by atoms with Crippen LogP contribution < -0.4 is 0 Å². The van der Waals surface area contributed by atoms with E-state index < -0.39 is 0 Å². The number of rotatable bonds is 1. The van der Waals surface area contributed by atoms with E-state index >= 15 is 0 Å². The number of nitrogens with zero attached hydrogens (tertiary/aromatic N) is 1. The molecule has 0 aromatic heterocycles. The molecule has 1 nitrogen and oxygen atoms in total. The zero-order chi connectivity index (χ0) is 7.86. The van der Waals surface area contributed by atoms with Gasteiger partial charge in [-0.15, -0.1) is 0 Å². The van der Waals surface area contributed by atoms with Crippen molar-refractivity contribution in [3.05, 3.63) is 11.8 Å². The number of hydrogen-bond donors (Lipinski definition) is 0. The lowest BCUT2D eigenvalue weighted by Gasteiger charge is -2.03. The van der Waals surface area contributed by atoms with Gasteiger partial charge >= 0.3 is 0 Å². The number of hydrogen-bond acceptors (Lipinski definition) is 1. The Hall–Kier alpha value is -0.460. The van der Waals surface area contributed by atoms with Crippen LogP contribution in [0.2, 0.25) is 0 Å². The molecule has 0 aliphatic carbocycles. The van der Waals surface area contributed by atoms with Gasteiger partial charge in [-0.25, -0.2) is 0 Å². The van der Waals surface area contributed by atoms with Crippen molar-refractivity contribution in [2.75, 3.05) is 14.1 Å². The average Bonchev–Trinajstić information content (AvgIpc) is 1.68. The molecule has 9 heavy (non-hydrogen) atoms. The maximum absolute atomic E-state index is 2.08. The summed E-state index contributed by atoms with van der Waals surface area (Å²) >= 11 is 0. The lowest BCUT2D eigenvalue weighted by atomic mass is 10.4. The first-order valence-corrected chi connectivity index (χ1v) is 3.44. The summed E-state index contributed by atoms with van der Waals surface area (Å²) in [6, 6.07) is 0. The highest BCUT2D eigenvalue weighted by Crippen LogP contribution is 1.87. The minimum atomic E-state index is 1.34. The maximum atomic E-state index is 2.08. The second-order valence-electron chi connectivity index (χ2n) is 2.17. The van der Waals surface area contributed by atoms with E-state index in [1.54, 1.807) is 0 Å². The fourth-order valence-corrected chi connectivity index (χ4v) is 0.516. The molecule has 0 fully saturated rings.